The molecule has 0 bridgehead atoms. The average molecular weight is 593 g/mol. The van der Waals surface area contributed by atoms with Crippen LogP contribution in [0.25, 0.3) is 22.3 Å². The average Bonchev–Trinajstić information content (AvgIpc) is 3.54. The van der Waals surface area contributed by atoms with E-state index >= 15 is 0 Å². The normalized spacial score (nSPS) is 9.86. The van der Waals surface area contributed by atoms with E-state index < -0.39 is 23.4 Å². The Hall–Kier alpha value is -1.96. The van der Waals surface area contributed by atoms with E-state index in [2.05, 4.69) is 117 Å². The van der Waals surface area contributed by atoms with E-state index in [-0.39, 0.29) is 0 Å². The van der Waals surface area contributed by atoms with E-state index in [0.717, 1.165) is 0 Å². The quantitative estimate of drug-likeness (QED) is 0.145. The summed E-state index contributed by atoms with van der Waals surface area (Å²) in [5.74, 6) is 0. The fraction of sp³-hybridized carbons (Fsp3) is 0.0968. The summed E-state index contributed by atoms with van der Waals surface area (Å²) < 4.78 is 0. The molecule has 4 heteroatoms. The number of benzene rings is 3. The van der Waals surface area contributed by atoms with Gasteiger partial charge in [0.25, 0.3) is 0 Å². The van der Waals surface area contributed by atoms with Crippen LogP contribution in [0, 0.1) is 13.8 Å². The fourth-order valence-electron chi connectivity index (χ4n) is 3.54. The summed E-state index contributed by atoms with van der Waals surface area (Å²) in [5, 5.41) is 1.37. The van der Waals surface area contributed by atoms with E-state index in [9.17, 15) is 0 Å². The molecule has 0 aromatic heterocycles. The molecule has 0 atom stereocenters. The maximum absolute atomic E-state index is 5.97. The molecular formula is C31H30Cl2SiZr-2. The van der Waals surface area contributed by atoms with Crippen LogP contribution < -0.4 is 5.19 Å². The molecule has 0 aliphatic carbocycles. The molecule has 0 nitrogen and oxygen atoms in total. The zero-order valence-corrected chi connectivity index (χ0v) is 25.4. The molecule has 0 amide bonds. The molecule has 0 aliphatic rings. The molecule has 35 heavy (non-hydrogen) atoms. The second-order valence-corrected chi connectivity index (χ2v) is 29.3. The van der Waals surface area contributed by atoms with Gasteiger partial charge in [0.2, 0.25) is 0 Å². The number of hydrogen-bond donors (Lipinski definition) is 0. The molecule has 0 radical (unpaired) electrons. The fourth-order valence-corrected chi connectivity index (χ4v) is 11.2. The molecule has 0 fully saturated rings. The maximum Gasteiger partial charge on any atom is -0.0623 e. The Morgan fingerprint density at radius 1 is 0.571 bits per heavy atom. The van der Waals surface area contributed by atoms with E-state index in [1.165, 1.54) is 38.6 Å². The number of halogens is 2. The summed E-state index contributed by atoms with van der Waals surface area (Å²) in [4.78, 5) is 0. The molecule has 0 saturated carbocycles. The molecule has 0 saturated heterocycles. The van der Waals surface area contributed by atoms with Crippen molar-refractivity contribution in [3.8, 4) is 22.3 Å². The van der Waals surface area contributed by atoms with Crippen molar-refractivity contribution in [2.24, 2.45) is 0 Å². The van der Waals surface area contributed by atoms with Gasteiger partial charge in [-0.15, -0.1) is 0 Å². The van der Waals surface area contributed by atoms with Gasteiger partial charge in [-0.1, -0.05) is 85.6 Å². The second-order valence-electron chi connectivity index (χ2n) is 8.34. The standard InChI is InChI=1S/2C12H11.C7H8Si.2ClH.Zr/c2*1-10-7-8-12(9-10)11-5-3-2-4-6-11;1-8-7-5-3-2-4-6-7;;;/h2*2-9H,1H3;2-6H,1H3;2*1H;/q2*-1;;;;+2/p-2. The molecule has 0 aliphatic heterocycles. The Bertz CT molecular complexity index is 1240. The minimum Gasteiger partial charge on any atom is -0.203 e. The summed E-state index contributed by atoms with van der Waals surface area (Å²) in [6, 6.07) is 44.2. The van der Waals surface area contributed by atoms with Crippen molar-refractivity contribution in [3.63, 3.8) is 0 Å². The van der Waals surface area contributed by atoms with Crippen molar-refractivity contribution in [3.05, 3.63) is 139 Å². The SMILES string of the molecule is C[Si](c1ccccc1)=[Zr]([Cl])[Cl].Cc1cc(-c2ccccc2)c[cH-]1.Cc1cc(-c2ccccc2)c[cH-]1. The van der Waals surface area contributed by atoms with Gasteiger partial charge >= 0.3 is 82.5 Å². The van der Waals surface area contributed by atoms with Gasteiger partial charge in [-0.25, -0.2) is 12.1 Å². The van der Waals surface area contributed by atoms with Crippen LogP contribution in [0.15, 0.2) is 127 Å². The second kappa shape index (κ2) is 14.6. The van der Waals surface area contributed by atoms with Crippen LogP contribution in [0.4, 0.5) is 0 Å². The van der Waals surface area contributed by atoms with Crippen molar-refractivity contribution in [2.75, 3.05) is 0 Å². The largest absolute Gasteiger partial charge is 0.203 e. The third-order valence-corrected chi connectivity index (χ3v) is 23.7. The summed E-state index contributed by atoms with van der Waals surface area (Å²) in [6.07, 6.45) is 0. The van der Waals surface area contributed by atoms with Crippen LogP contribution in [-0.4, -0.2) is 5.43 Å². The molecule has 0 unspecified atom stereocenters. The topological polar surface area (TPSA) is 0 Å². The van der Waals surface area contributed by atoms with Gasteiger partial charge in [-0.05, 0) is 0 Å². The van der Waals surface area contributed by atoms with Gasteiger partial charge < -0.3 is 0 Å². The maximum atomic E-state index is 5.97. The van der Waals surface area contributed by atoms with Gasteiger partial charge in [0.05, 0.1) is 0 Å². The van der Waals surface area contributed by atoms with Crippen molar-refractivity contribution >= 4 is 27.6 Å². The molecule has 5 aromatic carbocycles. The third-order valence-electron chi connectivity index (χ3n) is 5.52. The Balaban J connectivity index is 0.000000147. The van der Waals surface area contributed by atoms with Crippen molar-refractivity contribution < 1.29 is 18.0 Å². The summed E-state index contributed by atoms with van der Waals surface area (Å²) in [6.45, 7) is 6.44. The molecular weight excluding hydrogens is 563 g/mol. The Morgan fingerprint density at radius 2 is 0.943 bits per heavy atom. The molecule has 0 N–H and O–H groups in total. The number of hydrogen-bond acceptors (Lipinski definition) is 0. The van der Waals surface area contributed by atoms with Crippen molar-refractivity contribution in [1.82, 2.24) is 0 Å². The minimum absolute atomic E-state index is 0.557. The third kappa shape index (κ3) is 9.21. The monoisotopic (exact) mass is 590 g/mol. The first-order valence-electron chi connectivity index (χ1n) is 11.6. The molecule has 5 rings (SSSR count). The molecule has 0 spiro atoms. The molecule has 178 valence electrons. The van der Waals surface area contributed by atoms with Gasteiger partial charge in [0.15, 0.2) is 0 Å². The minimum atomic E-state index is -1.95. The van der Waals surface area contributed by atoms with Gasteiger partial charge in [-0.3, -0.25) is 0 Å². The van der Waals surface area contributed by atoms with Gasteiger partial charge in [0.1, 0.15) is 0 Å². The van der Waals surface area contributed by atoms with E-state index in [1.807, 2.05) is 30.3 Å². The van der Waals surface area contributed by atoms with E-state index in [0.29, 0.717) is 0 Å². The van der Waals surface area contributed by atoms with Gasteiger partial charge in [-0.2, -0.15) is 46.5 Å². The summed E-state index contributed by atoms with van der Waals surface area (Å²) >= 11 is -1.95. The van der Waals surface area contributed by atoms with E-state index in [4.69, 9.17) is 17.0 Å². The summed E-state index contributed by atoms with van der Waals surface area (Å²) in [7, 11) is 11.9. The smallest absolute Gasteiger partial charge is 0.0623 e. The first-order chi connectivity index (χ1) is 16.9. The number of aryl methyl sites for hydroxylation is 2. The van der Waals surface area contributed by atoms with Crippen LogP contribution in [-0.2, 0) is 18.0 Å². The van der Waals surface area contributed by atoms with Crippen LogP contribution in [0.1, 0.15) is 11.1 Å². The van der Waals surface area contributed by atoms with E-state index in [1.54, 1.807) is 0 Å². The first-order valence-corrected chi connectivity index (χ1v) is 23.6. The van der Waals surface area contributed by atoms with Crippen LogP contribution in [0.5, 0.6) is 0 Å². The first kappa shape index (κ1) is 27.6. The predicted molar refractivity (Wildman–Crippen MR) is 154 cm³/mol. The number of rotatable bonds is 3. The predicted octanol–water partition coefficient (Wildman–Crippen LogP) is 9.20. The Morgan fingerprint density at radius 3 is 1.26 bits per heavy atom. The Labute approximate surface area is 225 Å². The van der Waals surface area contributed by atoms with Crippen LogP contribution >= 0.6 is 17.0 Å². The molecule has 0 heterocycles. The van der Waals surface area contributed by atoms with Crippen LogP contribution in [0.3, 0.4) is 0 Å². The van der Waals surface area contributed by atoms with Crippen molar-refractivity contribution in [2.45, 2.75) is 20.4 Å². The zero-order chi connectivity index (χ0) is 25.0. The Kier molecular flexibility index (Phi) is 11.5. The molecule has 5 aromatic rings. The van der Waals surface area contributed by atoms with Gasteiger partial charge in [0, 0.05) is 0 Å². The van der Waals surface area contributed by atoms with Crippen molar-refractivity contribution in [1.29, 1.82) is 0 Å². The zero-order valence-electron chi connectivity index (χ0n) is 20.4. The van der Waals surface area contributed by atoms with Crippen LogP contribution in [0.2, 0.25) is 6.55 Å². The summed E-state index contributed by atoms with van der Waals surface area (Å²) in [5.41, 5.74) is 7.32.